The number of carbonyl (C=O) groups excluding carboxylic acids is 1. The number of amides is 1. The third-order valence-electron chi connectivity index (χ3n) is 3.73. The number of anilines is 1. The molecule has 0 atom stereocenters. The van der Waals surface area contributed by atoms with Crippen LogP contribution >= 0.6 is 0 Å². The Morgan fingerprint density at radius 3 is 2.25 bits per heavy atom. The van der Waals surface area contributed by atoms with Crippen LogP contribution in [0.2, 0.25) is 0 Å². The number of hydrogen-bond donors (Lipinski definition) is 1. The van der Waals surface area contributed by atoms with Crippen LogP contribution < -0.4 is 5.32 Å². The zero-order valence-electron chi connectivity index (χ0n) is 14.0. The number of benzene rings is 1. The number of aryl methyl sites for hydroxylation is 1. The van der Waals surface area contributed by atoms with Crippen LogP contribution in [0.1, 0.15) is 16.1 Å². The molecule has 0 fully saturated rings. The maximum atomic E-state index is 14.3. The summed E-state index contributed by atoms with van der Waals surface area (Å²) in [7, 11) is 1.20. The third kappa shape index (κ3) is 3.68. The van der Waals surface area contributed by atoms with E-state index in [4.69, 9.17) is 0 Å². The summed E-state index contributed by atoms with van der Waals surface area (Å²) in [6.07, 6.45) is -4.71. The number of pyridine rings is 1. The molecule has 0 saturated carbocycles. The second-order valence-corrected chi connectivity index (χ2v) is 5.62. The minimum atomic E-state index is -4.71. The Labute approximate surface area is 153 Å². The zero-order valence-corrected chi connectivity index (χ0v) is 14.0. The number of hydrogen-bond acceptors (Lipinski definition) is 3. The molecule has 0 saturated heterocycles. The van der Waals surface area contributed by atoms with Crippen molar-refractivity contribution in [2.75, 3.05) is 5.32 Å². The second-order valence-electron chi connectivity index (χ2n) is 5.62. The molecular formula is C17H10F6N4O. The van der Waals surface area contributed by atoms with E-state index in [1.54, 1.807) is 0 Å². The first-order chi connectivity index (χ1) is 13.1. The summed E-state index contributed by atoms with van der Waals surface area (Å²) in [5.41, 5.74) is -2.59. The van der Waals surface area contributed by atoms with Crippen molar-refractivity contribution in [2.24, 2.45) is 7.05 Å². The van der Waals surface area contributed by atoms with Gasteiger partial charge in [0.1, 0.15) is 23.0 Å². The molecule has 0 aliphatic heterocycles. The van der Waals surface area contributed by atoms with Gasteiger partial charge in [0.15, 0.2) is 5.69 Å². The van der Waals surface area contributed by atoms with Crippen molar-refractivity contribution < 1.29 is 31.1 Å². The van der Waals surface area contributed by atoms with Gasteiger partial charge in [-0.1, -0.05) is 6.07 Å². The van der Waals surface area contributed by atoms with E-state index in [1.807, 2.05) is 5.32 Å². The fraction of sp³-hybridized carbons (Fsp3) is 0.118. The Kier molecular flexibility index (Phi) is 4.84. The van der Waals surface area contributed by atoms with Crippen molar-refractivity contribution in [3.05, 3.63) is 65.2 Å². The number of nitrogens with zero attached hydrogens (tertiary/aromatic N) is 3. The minimum absolute atomic E-state index is 0.199. The van der Waals surface area contributed by atoms with Crippen molar-refractivity contribution in [1.82, 2.24) is 14.8 Å². The fourth-order valence-corrected chi connectivity index (χ4v) is 2.45. The summed E-state index contributed by atoms with van der Waals surface area (Å²) in [5, 5.41) is 5.30. The highest BCUT2D eigenvalue weighted by Crippen LogP contribution is 2.32. The molecular weight excluding hydrogens is 390 g/mol. The van der Waals surface area contributed by atoms with E-state index in [1.165, 1.54) is 7.05 Å². The molecule has 0 aliphatic rings. The van der Waals surface area contributed by atoms with Crippen LogP contribution in [0.4, 0.5) is 32.2 Å². The van der Waals surface area contributed by atoms with E-state index in [2.05, 4.69) is 10.1 Å². The van der Waals surface area contributed by atoms with E-state index in [9.17, 15) is 31.1 Å². The molecule has 1 aromatic carbocycles. The molecule has 3 aromatic rings. The van der Waals surface area contributed by atoms with Crippen molar-refractivity contribution in [3.8, 4) is 11.3 Å². The summed E-state index contributed by atoms with van der Waals surface area (Å²) < 4.78 is 80.6. The third-order valence-corrected chi connectivity index (χ3v) is 3.73. The lowest BCUT2D eigenvalue weighted by Crippen LogP contribution is -2.17. The molecule has 0 spiro atoms. The molecule has 0 unspecified atom stereocenters. The largest absolute Gasteiger partial charge is 0.435 e. The molecule has 28 heavy (non-hydrogen) atoms. The monoisotopic (exact) mass is 400 g/mol. The SMILES string of the molecule is Cn1nc(C(F)(F)F)cc1-c1ccc(NC(=O)c2c(F)cccc2F)nc1F. The summed E-state index contributed by atoms with van der Waals surface area (Å²) >= 11 is 0. The first kappa shape index (κ1) is 19.4. The number of carbonyl (C=O) groups is 1. The molecule has 1 N–H and O–H groups in total. The van der Waals surface area contributed by atoms with E-state index in [0.29, 0.717) is 6.07 Å². The maximum Gasteiger partial charge on any atom is 0.435 e. The standard InChI is InChI=1S/C17H10F6N4O/c1-27-11(7-12(26-27)17(21,22)23)8-5-6-13(24-15(8)20)25-16(28)14-9(18)3-2-4-10(14)19/h2-7H,1H3,(H,24,25,28). The molecule has 11 heteroatoms. The Hall–Kier alpha value is -3.37. The quantitative estimate of drug-likeness (QED) is 0.530. The van der Waals surface area contributed by atoms with Gasteiger partial charge in [0.2, 0.25) is 5.95 Å². The first-order valence-electron chi connectivity index (χ1n) is 7.61. The maximum absolute atomic E-state index is 14.3. The Balaban J connectivity index is 1.89. The predicted octanol–water partition coefficient (Wildman–Crippen LogP) is 4.17. The van der Waals surface area contributed by atoms with E-state index in [0.717, 1.165) is 35.0 Å². The molecule has 2 aromatic heterocycles. The average molecular weight is 400 g/mol. The topological polar surface area (TPSA) is 59.8 Å². The lowest BCUT2D eigenvalue weighted by atomic mass is 10.1. The molecule has 2 heterocycles. The minimum Gasteiger partial charge on any atom is -0.306 e. The number of rotatable bonds is 3. The smallest absolute Gasteiger partial charge is 0.306 e. The molecule has 5 nitrogen and oxygen atoms in total. The molecule has 0 radical (unpaired) electrons. The van der Waals surface area contributed by atoms with Crippen molar-refractivity contribution in [1.29, 1.82) is 0 Å². The van der Waals surface area contributed by atoms with Crippen molar-refractivity contribution in [2.45, 2.75) is 6.18 Å². The van der Waals surface area contributed by atoms with Crippen LogP contribution in [0.5, 0.6) is 0 Å². The molecule has 3 rings (SSSR count). The fourth-order valence-electron chi connectivity index (χ4n) is 2.45. The second kappa shape index (κ2) is 6.98. The Morgan fingerprint density at radius 2 is 1.71 bits per heavy atom. The van der Waals surface area contributed by atoms with Gasteiger partial charge < -0.3 is 5.32 Å². The van der Waals surface area contributed by atoms with Crippen LogP contribution in [0, 0.1) is 17.6 Å². The van der Waals surface area contributed by atoms with Gasteiger partial charge in [-0.2, -0.15) is 22.7 Å². The summed E-state index contributed by atoms with van der Waals surface area (Å²) in [4.78, 5) is 15.4. The lowest BCUT2D eigenvalue weighted by Gasteiger charge is -2.08. The van der Waals surface area contributed by atoms with Crippen molar-refractivity contribution >= 4 is 11.7 Å². The highest BCUT2D eigenvalue weighted by molar-refractivity contribution is 6.04. The first-order valence-corrected chi connectivity index (χ1v) is 7.61. The van der Waals surface area contributed by atoms with Gasteiger partial charge in [0.25, 0.3) is 5.91 Å². The van der Waals surface area contributed by atoms with Crippen molar-refractivity contribution in [3.63, 3.8) is 0 Å². The molecule has 1 amide bonds. The molecule has 0 bridgehead atoms. The molecule has 146 valence electrons. The highest BCUT2D eigenvalue weighted by atomic mass is 19.4. The highest BCUT2D eigenvalue weighted by Gasteiger charge is 2.35. The number of alkyl halides is 3. The van der Waals surface area contributed by atoms with Gasteiger partial charge in [-0.05, 0) is 30.3 Å². The van der Waals surface area contributed by atoms with Gasteiger partial charge in [0.05, 0.1) is 11.3 Å². The van der Waals surface area contributed by atoms with Gasteiger partial charge in [-0.3, -0.25) is 9.48 Å². The van der Waals surface area contributed by atoms with Crippen LogP contribution in [0.25, 0.3) is 11.3 Å². The van der Waals surface area contributed by atoms with Gasteiger partial charge in [-0.15, -0.1) is 0 Å². The Morgan fingerprint density at radius 1 is 1.07 bits per heavy atom. The van der Waals surface area contributed by atoms with E-state index < -0.39 is 40.9 Å². The van der Waals surface area contributed by atoms with Crippen LogP contribution in [-0.2, 0) is 13.2 Å². The molecule has 0 aliphatic carbocycles. The van der Waals surface area contributed by atoms with E-state index >= 15 is 0 Å². The summed E-state index contributed by atoms with van der Waals surface area (Å²) in [6, 6.07) is 5.60. The van der Waals surface area contributed by atoms with Crippen LogP contribution in [0.15, 0.2) is 36.4 Å². The van der Waals surface area contributed by atoms with Crippen LogP contribution in [0.3, 0.4) is 0 Å². The van der Waals surface area contributed by atoms with Gasteiger partial charge in [0, 0.05) is 7.05 Å². The summed E-state index contributed by atoms with van der Waals surface area (Å²) in [5.74, 6) is -5.03. The Bertz CT molecular complexity index is 1040. The summed E-state index contributed by atoms with van der Waals surface area (Å²) in [6.45, 7) is 0. The van der Waals surface area contributed by atoms with Crippen LogP contribution in [-0.4, -0.2) is 20.7 Å². The van der Waals surface area contributed by atoms with Gasteiger partial charge >= 0.3 is 6.18 Å². The number of halogens is 6. The average Bonchev–Trinajstić information content (AvgIpc) is 2.97. The number of nitrogens with one attached hydrogen (secondary N) is 1. The van der Waals surface area contributed by atoms with Gasteiger partial charge in [-0.25, -0.2) is 13.8 Å². The zero-order chi connectivity index (χ0) is 20.6. The number of aromatic nitrogens is 3. The predicted molar refractivity (Wildman–Crippen MR) is 85.7 cm³/mol. The van der Waals surface area contributed by atoms with E-state index in [-0.39, 0.29) is 17.1 Å². The normalized spacial score (nSPS) is 11.5. The lowest BCUT2D eigenvalue weighted by molar-refractivity contribution is -0.141.